The van der Waals surface area contributed by atoms with Crippen molar-refractivity contribution in [2.45, 2.75) is 38.3 Å². The first-order chi connectivity index (χ1) is 8.48. The van der Waals surface area contributed by atoms with Crippen LogP contribution in [0.15, 0.2) is 0 Å². The fourth-order valence-corrected chi connectivity index (χ4v) is 2.07. The topological polar surface area (TPSA) is 95.2 Å². The van der Waals surface area contributed by atoms with E-state index in [1.54, 1.807) is 0 Å². The number of anilines is 2. The third kappa shape index (κ3) is 3.19. The Morgan fingerprint density at radius 1 is 1.39 bits per heavy atom. The lowest BCUT2D eigenvalue weighted by molar-refractivity contribution is -0.0554. The van der Waals surface area contributed by atoms with Crippen LogP contribution in [0.5, 0.6) is 6.01 Å². The van der Waals surface area contributed by atoms with E-state index in [0.29, 0.717) is 5.95 Å². The van der Waals surface area contributed by atoms with E-state index in [4.69, 9.17) is 15.2 Å². The van der Waals surface area contributed by atoms with Crippen molar-refractivity contribution in [2.75, 3.05) is 24.8 Å². The zero-order chi connectivity index (χ0) is 13.2. The van der Waals surface area contributed by atoms with Gasteiger partial charge in [0.05, 0.1) is 12.7 Å². The summed E-state index contributed by atoms with van der Waals surface area (Å²) in [4.78, 5) is 12.0. The molecule has 1 fully saturated rings. The van der Waals surface area contributed by atoms with Crippen molar-refractivity contribution < 1.29 is 9.47 Å². The lowest BCUT2D eigenvalue weighted by Gasteiger charge is -2.35. The highest BCUT2D eigenvalue weighted by Gasteiger charge is 2.29. The van der Waals surface area contributed by atoms with Crippen molar-refractivity contribution in [3.63, 3.8) is 0 Å². The van der Waals surface area contributed by atoms with Gasteiger partial charge in [0.2, 0.25) is 11.9 Å². The molecule has 2 heterocycles. The minimum absolute atomic E-state index is 0.126. The number of nitrogen functional groups attached to an aromatic ring is 1. The first-order valence-corrected chi connectivity index (χ1v) is 5.94. The summed E-state index contributed by atoms with van der Waals surface area (Å²) >= 11 is 0. The van der Waals surface area contributed by atoms with Gasteiger partial charge in [-0.2, -0.15) is 15.0 Å². The Kier molecular flexibility index (Phi) is 3.51. The van der Waals surface area contributed by atoms with Gasteiger partial charge in [0.15, 0.2) is 0 Å². The van der Waals surface area contributed by atoms with E-state index in [-0.39, 0.29) is 23.6 Å². The highest BCUT2D eigenvalue weighted by atomic mass is 16.5. The van der Waals surface area contributed by atoms with E-state index >= 15 is 0 Å². The Morgan fingerprint density at radius 3 is 2.83 bits per heavy atom. The molecular formula is C11H19N5O2. The van der Waals surface area contributed by atoms with Gasteiger partial charge in [0, 0.05) is 12.6 Å². The van der Waals surface area contributed by atoms with Gasteiger partial charge in [-0.25, -0.2) is 0 Å². The maximum Gasteiger partial charge on any atom is 0.322 e. The van der Waals surface area contributed by atoms with E-state index in [2.05, 4.69) is 34.1 Å². The molecule has 3 N–H and O–H groups in total. The molecule has 0 bridgehead atoms. The van der Waals surface area contributed by atoms with Gasteiger partial charge >= 0.3 is 6.01 Å². The molecule has 1 aliphatic rings. The summed E-state index contributed by atoms with van der Waals surface area (Å²) in [5.74, 6) is 0.595. The van der Waals surface area contributed by atoms with Gasteiger partial charge in [0.1, 0.15) is 0 Å². The van der Waals surface area contributed by atoms with Crippen LogP contribution in [0.1, 0.15) is 26.7 Å². The fourth-order valence-electron chi connectivity index (χ4n) is 2.07. The van der Waals surface area contributed by atoms with Crippen LogP contribution in [0.25, 0.3) is 0 Å². The van der Waals surface area contributed by atoms with Crippen molar-refractivity contribution in [3.05, 3.63) is 0 Å². The van der Waals surface area contributed by atoms with E-state index < -0.39 is 0 Å². The highest BCUT2D eigenvalue weighted by molar-refractivity contribution is 5.33. The van der Waals surface area contributed by atoms with Gasteiger partial charge < -0.3 is 20.5 Å². The number of aromatic nitrogens is 3. The molecule has 18 heavy (non-hydrogen) atoms. The Labute approximate surface area is 106 Å². The summed E-state index contributed by atoms with van der Waals surface area (Å²) in [6.07, 6.45) is 1.80. The van der Waals surface area contributed by atoms with Crippen molar-refractivity contribution in [1.82, 2.24) is 15.0 Å². The number of rotatable bonds is 3. The van der Waals surface area contributed by atoms with Crippen LogP contribution in [-0.4, -0.2) is 40.3 Å². The lowest BCUT2D eigenvalue weighted by Crippen LogP contribution is -2.40. The largest absolute Gasteiger partial charge is 0.467 e. The minimum atomic E-state index is -0.126. The number of nitrogens with zero attached hydrogens (tertiary/aromatic N) is 3. The van der Waals surface area contributed by atoms with E-state index in [0.717, 1.165) is 19.4 Å². The van der Waals surface area contributed by atoms with Crippen LogP contribution in [0.4, 0.5) is 11.9 Å². The number of nitrogens with one attached hydrogen (secondary N) is 1. The van der Waals surface area contributed by atoms with Crippen LogP contribution >= 0.6 is 0 Å². The highest BCUT2D eigenvalue weighted by Crippen LogP contribution is 2.25. The monoisotopic (exact) mass is 253 g/mol. The Morgan fingerprint density at radius 2 is 2.17 bits per heavy atom. The van der Waals surface area contributed by atoms with Crippen LogP contribution < -0.4 is 15.8 Å². The first kappa shape index (κ1) is 12.8. The zero-order valence-corrected chi connectivity index (χ0v) is 10.9. The molecular weight excluding hydrogens is 234 g/mol. The molecule has 7 heteroatoms. The molecule has 0 saturated carbocycles. The number of nitrogens with two attached hydrogens (primary N) is 1. The van der Waals surface area contributed by atoms with Crippen LogP contribution in [0.3, 0.4) is 0 Å². The van der Waals surface area contributed by atoms with Crippen molar-refractivity contribution in [1.29, 1.82) is 0 Å². The van der Waals surface area contributed by atoms with Crippen molar-refractivity contribution in [2.24, 2.45) is 0 Å². The molecule has 1 aliphatic heterocycles. The molecule has 1 unspecified atom stereocenters. The number of methoxy groups -OCH3 is 1. The SMILES string of the molecule is COc1nc(N)nc(NC2CCOC(C)(C)C2)n1. The Balaban J connectivity index is 2.07. The Hall–Kier alpha value is -1.63. The standard InChI is InChI=1S/C11H19N5O2/c1-11(2)6-7(4-5-18-11)13-9-14-8(12)15-10(16-9)17-3/h7H,4-6H2,1-3H3,(H3,12,13,14,15,16). The smallest absolute Gasteiger partial charge is 0.322 e. The molecule has 1 aromatic rings. The lowest BCUT2D eigenvalue weighted by atomic mass is 9.94. The molecule has 100 valence electrons. The molecule has 1 saturated heterocycles. The second-order valence-electron chi connectivity index (χ2n) is 4.95. The number of hydrogen-bond donors (Lipinski definition) is 2. The average molecular weight is 253 g/mol. The summed E-state index contributed by atoms with van der Waals surface area (Å²) < 4.78 is 10.6. The number of hydrogen-bond acceptors (Lipinski definition) is 7. The maximum absolute atomic E-state index is 5.66. The predicted molar refractivity (Wildman–Crippen MR) is 67.5 cm³/mol. The second kappa shape index (κ2) is 4.93. The minimum Gasteiger partial charge on any atom is -0.467 e. The second-order valence-corrected chi connectivity index (χ2v) is 4.95. The molecule has 0 aliphatic carbocycles. The molecule has 1 atom stereocenters. The summed E-state index contributed by atoms with van der Waals surface area (Å²) in [7, 11) is 1.50. The van der Waals surface area contributed by atoms with Crippen molar-refractivity contribution in [3.8, 4) is 6.01 Å². The summed E-state index contributed by atoms with van der Waals surface area (Å²) in [5, 5.41) is 3.25. The first-order valence-electron chi connectivity index (χ1n) is 5.94. The molecule has 2 rings (SSSR count). The van der Waals surface area contributed by atoms with Crippen LogP contribution in [-0.2, 0) is 4.74 Å². The van der Waals surface area contributed by atoms with Gasteiger partial charge in [0.25, 0.3) is 0 Å². The van der Waals surface area contributed by atoms with Gasteiger partial charge in [-0.15, -0.1) is 0 Å². The van der Waals surface area contributed by atoms with Gasteiger partial charge in [-0.1, -0.05) is 0 Å². The average Bonchev–Trinajstić information content (AvgIpc) is 2.26. The molecule has 0 aromatic carbocycles. The molecule has 0 radical (unpaired) electrons. The maximum atomic E-state index is 5.66. The van der Waals surface area contributed by atoms with E-state index in [1.807, 2.05) is 0 Å². The quantitative estimate of drug-likeness (QED) is 0.823. The summed E-state index contributed by atoms with van der Waals surface area (Å²) in [5.41, 5.74) is 5.46. The van der Waals surface area contributed by atoms with E-state index in [1.165, 1.54) is 7.11 Å². The molecule has 7 nitrogen and oxygen atoms in total. The molecule has 0 amide bonds. The normalized spacial score (nSPS) is 22.5. The molecule has 1 aromatic heterocycles. The predicted octanol–water partition coefficient (Wildman–Crippen LogP) is 0.832. The third-order valence-electron chi connectivity index (χ3n) is 2.85. The number of ether oxygens (including phenoxy) is 2. The van der Waals surface area contributed by atoms with Crippen LogP contribution in [0.2, 0.25) is 0 Å². The Bertz CT molecular complexity index is 424. The zero-order valence-electron chi connectivity index (χ0n) is 10.9. The van der Waals surface area contributed by atoms with E-state index in [9.17, 15) is 0 Å². The van der Waals surface area contributed by atoms with Gasteiger partial charge in [-0.05, 0) is 26.7 Å². The summed E-state index contributed by atoms with van der Waals surface area (Å²) in [6.45, 7) is 4.87. The fraction of sp³-hybridized carbons (Fsp3) is 0.727. The van der Waals surface area contributed by atoms with Crippen LogP contribution in [0, 0.1) is 0 Å². The molecule has 0 spiro atoms. The summed E-state index contributed by atoms with van der Waals surface area (Å²) in [6, 6.07) is 0.483. The van der Waals surface area contributed by atoms with Crippen molar-refractivity contribution >= 4 is 11.9 Å². The third-order valence-corrected chi connectivity index (χ3v) is 2.85. The van der Waals surface area contributed by atoms with Gasteiger partial charge in [-0.3, -0.25) is 0 Å².